The Bertz CT molecular complexity index is 698. The van der Waals surface area contributed by atoms with Crippen molar-refractivity contribution >= 4 is 33.4 Å². The number of hydrogen-bond donors (Lipinski definition) is 2. The molecule has 0 heterocycles. The lowest BCUT2D eigenvalue weighted by atomic mass is 10.1. The SMILES string of the molecule is CNC(=O)c1ccccc1NC(=O)c1ccc(C)c(Br)c1. The minimum atomic E-state index is -0.257. The zero-order chi connectivity index (χ0) is 15.4. The van der Waals surface area contributed by atoms with Crippen molar-refractivity contribution in [3.63, 3.8) is 0 Å². The van der Waals surface area contributed by atoms with Crippen LogP contribution >= 0.6 is 15.9 Å². The van der Waals surface area contributed by atoms with Gasteiger partial charge in [-0.1, -0.05) is 34.1 Å². The van der Waals surface area contributed by atoms with Crippen LogP contribution in [-0.4, -0.2) is 18.9 Å². The van der Waals surface area contributed by atoms with Gasteiger partial charge in [0.05, 0.1) is 11.3 Å². The molecule has 0 fully saturated rings. The fraction of sp³-hybridized carbons (Fsp3) is 0.125. The number of carbonyl (C=O) groups excluding carboxylic acids is 2. The molecule has 0 saturated heterocycles. The molecule has 0 unspecified atom stereocenters. The van der Waals surface area contributed by atoms with Crippen LogP contribution < -0.4 is 10.6 Å². The third-order valence-electron chi connectivity index (χ3n) is 3.08. The van der Waals surface area contributed by atoms with Crippen LogP contribution in [0.3, 0.4) is 0 Å². The molecule has 0 aliphatic carbocycles. The zero-order valence-electron chi connectivity index (χ0n) is 11.7. The second kappa shape index (κ2) is 6.54. The molecular formula is C16H15BrN2O2. The van der Waals surface area contributed by atoms with Crippen LogP contribution in [0.15, 0.2) is 46.9 Å². The van der Waals surface area contributed by atoms with E-state index in [1.807, 2.05) is 13.0 Å². The van der Waals surface area contributed by atoms with Gasteiger partial charge in [-0.2, -0.15) is 0 Å². The average Bonchev–Trinajstić information content (AvgIpc) is 2.49. The Morgan fingerprint density at radius 3 is 2.43 bits per heavy atom. The average molecular weight is 347 g/mol. The summed E-state index contributed by atoms with van der Waals surface area (Å²) in [7, 11) is 1.55. The Labute approximate surface area is 131 Å². The molecule has 0 aliphatic heterocycles. The van der Waals surface area contributed by atoms with Crippen LogP contribution in [0, 0.1) is 6.92 Å². The summed E-state index contributed by atoms with van der Waals surface area (Å²) in [4.78, 5) is 24.1. The molecule has 0 aromatic heterocycles. The van der Waals surface area contributed by atoms with E-state index < -0.39 is 0 Å². The smallest absolute Gasteiger partial charge is 0.255 e. The van der Waals surface area contributed by atoms with Crippen molar-refractivity contribution in [2.24, 2.45) is 0 Å². The molecule has 21 heavy (non-hydrogen) atoms. The number of rotatable bonds is 3. The summed E-state index contributed by atoms with van der Waals surface area (Å²) < 4.78 is 0.870. The normalized spacial score (nSPS) is 10.0. The summed E-state index contributed by atoms with van der Waals surface area (Å²) in [5.74, 6) is -0.497. The number of nitrogens with one attached hydrogen (secondary N) is 2. The topological polar surface area (TPSA) is 58.2 Å². The molecule has 2 aromatic carbocycles. The summed E-state index contributed by atoms with van der Waals surface area (Å²) in [5, 5.41) is 5.32. The van der Waals surface area contributed by atoms with Crippen molar-refractivity contribution in [2.45, 2.75) is 6.92 Å². The maximum Gasteiger partial charge on any atom is 0.255 e. The van der Waals surface area contributed by atoms with Crippen LogP contribution in [0.25, 0.3) is 0 Å². The minimum absolute atomic E-state index is 0.240. The van der Waals surface area contributed by atoms with Crippen molar-refractivity contribution in [3.8, 4) is 0 Å². The van der Waals surface area contributed by atoms with Crippen LogP contribution in [0.4, 0.5) is 5.69 Å². The van der Waals surface area contributed by atoms with E-state index >= 15 is 0 Å². The lowest BCUT2D eigenvalue weighted by Crippen LogP contribution is -2.21. The van der Waals surface area contributed by atoms with Gasteiger partial charge in [-0.15, -0.1) is 0 Å². The predicted octanol–water partition coefficient (Wildman–Crippen LogP) is 3.37. The number of halogens is 1. The molecule has 2 amide bonds. The molecule has 2 N–H and O–H groups in total. The van der Waals surface area contributed by atoms with Crippen molar-refractivity contribution in [3.05, 3.63) is 63.6 Å². The number of anilines is 1. The van der Waals surface area contributed by atoms with E-state index in [0.29, 0.717) is 16.8 Å². The number of amides is 2. The molecule has 2 rings (SSSR count). The molecule has 0 aliphatic rings. The zero-order valence-corrected chi connectivity index (χ0v) is 13.3. The van der Waals surface area contributed by atoms with Gasteiger partial charge in [-0.05, 0) is 36.8 Å². The highest BCUT2D eigenvalue weighted by molar-refractivity contribution is 9.10. The highest BCUT2D eigenvalue weighted by Crippen LogP contribution is 2.20. The Hall–Kier alpha value is -2.14. The van der Waals surface area contributed by atoms with Crippen molar-refractivity contribution < 1.29 is 9.59 Å². The third-order valence-corrected chi connectivity index (χ3v) is 3.94. The van der Waals surface area contributed by atoms with Gasteiger partial charge < -0.3 is 10.6 Å². The number of carbonyl (C=O) groups is 2. The van der Waals surface area contributed by atoms with Gasteiger partial charge in [0.2, 0.25) is 0 Å². The quantitative estimate of drug-likeness (QED) is 0.894. The first-order valence-corrected chi connectivity index (χ1v) is 7.21. The van der Waals surface area contributed by atoms with Crippen LogP contribution in [0.1, 0.15) is 26.3 Å². The maximum atomic E-state index is 12.3. The molecule has 2 aromatic rings. The molecule has 0 saturated carbocycles. The summed E-state index contributed by atoms with van der Waals surface area (Å²) in [6, 6.07) is 12.3. The highest BCUT2D eigenvalue weighted by atomic mass is 79.9. The molecule has 0 radical (unpaired) electrons. The first-order valence-electron chi connectivity index (χ1n) is 6.41. The Balaban J connectivity index is 2.27. The van der Waals surface area contributed by atoms with E-state index in [9.17, 15) is 9.59 Å². The predicted molar refractivity (Wildman–Crippen MR) is 86.7 cm³/mol. The van der Waals surface area contributed by atoms with E-state index in [0.717, 1.165) is 10.0 Å². The molecular weight excluding hydrogens is 332 g/mol. The van der Waals surface area contributed by atoms with Gasteiger partial charge in [0.15, 0.2) is 0 Å². The molecule has 0 atom stereocenters. The van der Waals surface area contributed by atoms with Crippen LogP contribution in [0.2, 0.25) is 0 Å². The van der Waals surface area contributed by atoms with Gasteiger partial charge in [0, 0.05) is 17.1 Å². The molecule has 108 valence electrons. The van der Waals surface area contributed by atoms with E-state index in [2.05, 4.69) is 26.6 Å². The van der Waals surface area contributed by atoms with E-state index in [4.69, 9.17) is 0 Å². The van der Waals surface area contributed by atoms with Gasteiger partial charge in [0.1, 0.15) is 0 Å². The van der Waals surface area contributed by atoms with E-state index in [1.165, 1.54) is 0 Å². The molecule has 5 heteroatoms. The van der Waals surface area contributed by atoms with Crippen molar-refractivity contribution in [1.29, 1.82) is 0 Å². The molecule has 4 nitrogen and oxygen atoms in total. The van der Waals surface area contributed by atoms with E-state index in [1.54, 1.807) is 43.4 Å². The second-order valence-corrected chi connectivity index (χ2v) is 5.40. The summed E-state index contributed by atoms with van der Waals surface area (Å²) in [6.45, 7) is 1.95. The first kappa shape index (κ1) is 15.3. The summed E-state index contributed by atoms with van der Waals surface area (Å²) in [5.41, 5.74) is 2.49. The van der Waals surface area contributed by atoms with Crippen molar-refractivity contribution in [2.75, 3.05) is 12.4 Å². The number of para-hydroxylation sites is 1. The number of benzene rings is 2. The van der Waals surface area contributed by atoms with Gasteiger partial charge in [-0.25, -0.2) is 0 Å². The lowest BCUT2D eigenvalue weighted by Gasteiger charge is -2.10. The Morgan fingerprint density at radius 2 is 1.76 bits per heavy atom. The van der Waals surface area contributed by atoms with Gasteiger partial charge >= 0.3 is 0 Å². The Kier molecular flexibility index (Phi) is 4.75. The molecule has 0 spiro atoms. The monoisotopic (exact) mass is 346 g/mol. The maximum absolute atomic E-state index is 12.3. The van der Waals surface area contributed by atoms with Crippen LogP contribution in [-0.2, 0) is 0 Å². The Morgan fingerprint density at radius 1 is 1.05 bits per heavy atom. The fourth-order valence-electron chi connectivity index (χ4n) is 1.85. The summed E-state index contributed by atoms with van der Waals surface area (Å²) in [6.07, 6.45) is 0. The van der Waals surface area contributed by atoms with Crippen molar-refractivity contribution in [1.82, 2.24) is 5.32 Å². The summed E-state index contributed by atoms with van der Waals surface area (Å²) >= 11 is 3.40. The first-order chi connectivity index (χ1) is 10.0. The fourth-order valence-corrected chi connectivity index (χ4v) is 2.23. The second-order valence-electron chi connectivity index (χ2n) is 4.54. The van der Waals surface area contributed by atoms with Gasteiger partial charge in [-0.3, -0.25) is 9.59 Å². The van der Waals surface area contributed by atoms with Crippen LogP contribution in [0.5, 0.6) is 0 Å². The highest BCUT2D eigenvalue weighted by Gasteiger charge is 2.13. The standard InChI is InChI=1S/C16H15BrN2O2/c1-10-7-8-11(9-13(10)17)15(20)19-14-6-4-3-5-12(14)16(21)18-2/h3-9H,1-2H3,(H,18,21)(H,19,20). The lowest BCUT2D eigenvalue weighted by molar-refractivity contribution is 0.0964. The third kappa shape index (κ3) is 3.49. The largest absolute Gasteiger partial charge is 0.355 e. The number of aryl methyl sites for hydroxylation is 1. The number of hydrogen-bond acceptors (Lipinski definition) is 2. The van der Waals surface area contributed by atoms with E-state index in [-0.39, 0.29) is 11.8 Å². The minimum Gasteiger partial charge on any atom is -0.355 e. The van der Waals surface area contributed by atoms with Gasteiger partial charge in [0.25, 0.3) is 11.8 Å². The molecule has 0 bridgehead atoms.